The zero-order valence-corrected chi connectivity index (χ0v) is 13.3. The van der Waals surface area contributed by atoms with Crippen molar-refractivity contribution in [3.05, 3.63) is 34.9 Å². The average molecular weight is 263 g/mol. The van der Waals surface area contributed by atoms with Crippen LogP contribution in [0.25, 0.3) is 0 Å². The second-order valence-corrected chi connectivity index (χ2v) is 5.33. The van der Waals surface area contributed by atoms with E-state index in [9.17, 15) is 0 Å². The molecule has 0 aliphatic heterocycles. The van der Waals surface area contributed by atoms with E-state index in [2.05, 4.69) is 58.1 Å². The summed E-state index contributed by atoms with van der Waals surface area (Å²) in [5.41, 5.74) is 3.88. The van der Waals surface area contributed by atoms with Gasteiger partial charge in [0.05, 0.1) is 11.6 Å². The molecule has 0 spiro atoms. The van der Waals surface area contributed by atoms with E-state index in [-0.39, 0.29) is 11.6 Å². The van der Waals surface area contributed by atoms with Gasteiger partial charge < -0.3 is 10.1 Å². The fraction of sp³-hybridized carbons (Fsp3) is 0.647. The third kappa shape index (κ3) is 3.37. The Morgan fingerprint density at radius 2 is 1.79 bits per heavy atom. The summed E-state index contributed by atoms with van der Waals surface area (Å²) < 4.78 is 5.94. The maximum atomic E-state index is 5.94. The van der Waals surface area contributed by atoms with Gasteiger partial charge in [0, 0.05) is 7.11 Å². The topological polar surface area (TPSA) is 21.3 Å². The van der Waals surface area contributed by atoms with Gasteiger partial charge in [-0.1, -0.05) is 44.5 Å². The Hall–Kier alpha value is -0.860. The van der Waals surface area contributed by atoms with Crippen LogP contribution in [0.2, 0.25) is 0 Å². The van der Waals surface area contributed by atoms with E-state index in [0.717, 1.165) is 19.4 Å². The lowest BCUT2D eigenvalue weighted by molar-refractivity contribution is -0.0483. The lowest BCUT2D eigenvalue weighted by Gasteiger charge is -2.40. The summed E-state index contributed by atoms with van der Waals surface area (Å²) in [6.07, 6.45) is 2.01. The van der Waals surface area contributed by atoms with Gasteiger partial charge in [0.15, 0.2) is 0 Å². The highest BCUT2D eigenvalue weighted by atomic mass is 16.5. The lowest BCUT2D eigenvalue weighted by atomic mass is 9.81. The Morgan fingerprint density at radius 3 is 2.26 bits per heavy atom. The lowest BCUT2D eigenvalue weighted by Crippen LogP contribution is -2.45. The second kappa shape index (κ2) is 7.06. The van der Waals surface area contributed by atoms with Gasteiger partial charge in [0.2, 0.25) is 0 Å². The van der Waals surface area contributed by atoms with Gasteiger partial charge in [-0.05, 0) is 44.4 Å². The first-order chi connectivity index (χ1) is 9.04. The van der Waals surface area contributed by atoms with E-state index in [0.29, 0.717) is 0 Å². The van der Waals surface area contributed by atoms with Crippen molar-refractivity contribution in [1.29, 1.82) is 0 Å². The zero-order chi connectivity index (χ0) is 14.5. The minimum absolute atomic E-state index is 0.130. The number of ether oxygens (including phenoxy) is 1. The molecule has 1 atom stereocenters. The summed E-state index contributed by atoms with van der Waals surface area (Å²) in [5.74, 6) is 0. The number of hydrogen-bond donors (Lipinski definition) is 1. The Balaban J connectivity index is 3.29. The second-order valence-electron chi connectivity index (χ2n) is 5.33. The van der Waals surface area contributed by atoms with Crippen molar-refractivity contribution < 1.29 is 4.74 Å². The Morgan fingerprint density at radius 1 is 1.16 bits per heavy atom. The molecule has 19 heavy (non-hydrogen) atoms. The molecular formula is C17H29NO. The molecule has 0 radical (unpaired) electrons. The molecule has 0 bridgehead atoms. The molecule has 0 aliphatic carbocycles. The molecule has 0 aromatic heterocycles. The van der Waals surface area contributed by atoms with Crippen LogP contribution < -0.4 is 5.32 Å². The summed E-state index contributed by atoms with van der Waals surface area (Å²) in [4.78, 5) is 0. The van der Waals surface area contributed by atoms with Gasteiger partial charge in [-0.2, -0.15) is 0 Å². The number of likely N-dealkylation sites (N-methyl/N-ethyl adjacent to an activating group) is 1. The van der Waals surface area contributed by atoms with Crippen molar-refractivity contribution in [3.63, 3.8) is 0 Å². The highest BCUT2D eigenvalue weighted by Gasteiger charge is 2.37. The smallest absolute Gasteiger partial charge is 0.0867 e. The molecular weight excluding hydrogens is 234 g/mol. The molecule has 1 aromatic carbocycles. The number of benzene rings is 1. The van der Waals surface area contributed by atoms with Crippen LogP contribution in [-0.2, 0) is 4.74 Å². The number of nitrogens with one attached hydrogen (secondary N) is 1. The molecule has 0 saturated carbocycles. The van der Waals surface area contributed by atoms with Crippen molar-refractivity contribution in [2.45, 2.75) is 59.1 Å². The number of hydrogen-bond acceptors (Lipinski definition) is 2. The number of aryl methyl sites for hydroxylation is 2. The summed E-state index contributed by atoms with van der Waals surface area (Å²) in [7, 11) is 1.84. The Bertz CT molecular complexity index is 388. The maximum absolute atomic E-state index is 5.94. The highest BCUT2D eigenvalue weighted by molar-refractivity contribution is 5.34. The molecule has 1 rings (SSSR count). The predicted octanol–water partition coefficient (Wildman–Crippen LogP) is 4.16. The van der Waals surface area contributed by atoms with Gasteiger partial charge in [-0.25, -0.2) is 0 Å². The zero-order valence-electron chi connectivity index (χ0n) is 13.3. The molecule has 1 N–H and O–H groups in total. The van der Waals surface area contributed by atoms with Crippen LogP contribution >= 0.6 is 0 Å². The Labute approximate surface area is 118 Å². The van der Waals surface area contributed by atoms with Crippen LogP contribution in [0.1, 0.15) is 56.3 Å². The molecule has 0 saturated heterocycles. The van der Waals surface area contributed by atoms with E-state index < -0.39 is 0 Å². The van der Waals surface area contributed by atoms with Crippen molar-refractivity contribution in [2.24, 2.45) is 0 Å². The van der Waals surface area contributed by atoms with Crippen molar-refractivity contribution in [2.75, 3.05) is 13.7 Å². The van der Waals surface area contributed by atoms with E-state index in [1.54, 1.807) is 0 Å². The third-order valence-electron chi connectivity index (χ3n) is 4.28. The molecule has 0 fully saturated rings. The fourth-order valence-corrected chi connectivity index (χ4v) is 2.92. The normalized spacial score (nSPS) is 13.6. The molecule has 108 valence electrons. The quantitative estimate of drug-likeness (QED) is 0.797. The van der Waals surface area contributed by atoms with E-state index in [4.69, 9.17) is 4.74 Å². The summed E-state index contributed by atoms with van der Waals surface area (Å²) in [5, 5.41) is 3.64. The molecule has 0 aliphatic rings. The fourth-order valence-electron chi connectivity index (χ4n) is 2.92. The number of methoxy groups -OCH3 is 1. The van der Waals surface area contributed by atoms with E-state index in [1.807, 2.05) is 7.11 Å². The van der Waals surface area contributed by atoms with Gasteiger partial charge >= 0.3 is 0 Å². The van der Waals surface area contributed by atoms with Gasteiger partial charge in [0.1, 0.15) is 0 Å². The van der Waals surface area contributed by atoms with Crippen LogP contribution in [0.15, 0.2) is 18.2 Å². The first-order valence-corrected chi connectivity index (χ1v) is 7.40. The highest BCUT2D eigenvalue weighted by Crippen LogP contribution is 2.36. The first-order valence-electron chi connectivity index (χ1n) is 7.40. The summed E-state index contributed by atoms with van der Waals surface area (Å²) in [6.45, 7) is 11.9. The maximum Gasteiger partial charge on any atom is 0.0867 e. The average Bonchev–Trinajstić information content (AvgIpc) is 2.43. The van der Waals surface area contributed by atoms with Crippen molar-refractivity contribution >= 4 is 0 Å². The van der Waals surface area contributed by atoms with E-state index in [1.165, 1.54) is 16.7 Å². The van der Waals surface area contributed by atoms with E-state index >= 15 is 0 Å². The molecule has 2 nitrogen and oxygen atoms in total. The number of rotatable bonds is 7. The molecule has 2 heteroatoms. The monoisotopic (exact) mass is 263 g/mol. The summed E-state index contributed by atoms with van der Waals surface area (Å²) in [6, 6.07) is 6.92. The third-order valence-corrected chi connectivity index (χ3v) is 4.28. The van der Waals surface area contributed by atoms with Gasteiger partial charge in [-0.3, -0.25) is 0 Å². The molecule has 0 amide bonds. The minimum Gasteiger partial charge on any atom is -0.376 e. The minimum atomic E-state index is -0.130. The van der Waals surface area contributed by atoms with Crippen LogP contribution in [0.3, 0.4) is 0 Å². The summed E-state index contributed by atoms with van der Waals surface area (Å²) >= 11 is 0. The Kier molecular flexibility index (Phi) is 6.02. The van der Waals surface area contributed by atoms with Crippen LogP contribution in [0, 0.1) is 13.8 Å². The SMILES string of the molecule is CCNC(c1cc(C)ccc1C)C(CC)(CC)OC. The van der Waals surface area contributed by atoms with Gasteiger partial charge in [0.25, 0.3) is 0 Å². The largest absolute Gasteiger partial charge is 0.376 e. The predicted molar refractivity (Wildman–Crippen MR) is 82.7 cm³/mol. The van der Waals surface area contributed by atoms with Crippen molar-refractivity contribution in [1.82, 2.24) is 5.32 Å². The van der Waals surface area contributed by atoms with Crippen LogP contribution in [-0.4, -0.2) is 19.3 Å². The molecule has 1 aromatic rings. The molecule has 0 heterocycles. The first kappa shape index (κ1) is 16.2. The molecule has 1 unspecified atom stereocenters. The van der Waals surface area contributed by atoms with Crippen molar-refractivity contribution in [3.8, 4) is 0 Å². The van der Waals surface area contributed by atoms with Crippen LogP contribution in [0.5, 0.6) is 0 Å². The van der Waals surface area contributed by atoms with Gasteiger partial charge in [-0.15, -0.1) is 0 Å². The standard InChI is InChI=1S/C17H29NO/c1-7-17(8-2,19-6)16(18-9-3)15-12-13(4)10-11-14(15)5/h10-12,16,18H,7-9H2,1-6H3. The van der Waals surface area contributed by atoms with Crippen LogP contribution in [0.4, 0.5) is 0 Å².